The van der Waals surface area contributed by atoms with Gasteiger partial charge in [-0.1, -0.05) is 0 Å². The normalized spacial score (nSPS) is 21.0. The molecule has 1 saturated heterocycles. The van der Waals surface area contributed by atoms with Gasteiger partial charge >= 0.3 is 6.18 Å². The molecule has 140 valence electrons. The minimum atomic E-state index is -4.94. The van der Waals surface area contributed by atoms with E-state index in [0.29, 0.717) is 6.07 Å². The first-order valence-corrected chi connectivity index (χ1v) is 9.37. The number of fused-ring (bicyclic) bond motifs is 1. The van der Waals surface area contributed by atoms with Crippen LogP contribution >= 0.6 is 0 Å². The molecule has 3 rings (SSSR count). The highest BCUT2D eigenvalue weighted by molar-refractivity contribution is 7.90. The van der Waals surface area contributed by atoms with Crippen LogP contribution in [0.3, 0.4) is 0 Å². The molecule has 0 radical (unpaired) electrons. The number of amides is 3. The van der Waals surface area contributed by atoms with Crippen molar-refractivity contribution < 1.29 is 36.0 Å². The van der Waals surface area contributed by atoms with E-state index in [1.165, 1.54) is 0 Å². The van der Waals surface area contributed by atoms with E-state index < -0.39 is 55.8 Å². The third-order valence-corrected chi connectivity index (χ3v) is 5.42. The molecule has 0 aliphatic carbocycles. The van der Waals surface area contributed by atoms with Crippen LogP contribution in [0.5, 0.6) is 0 Å². The molecule has 1 aromatic rings. The van der Waals surface area contributed by atoms with Crippen molar-refractivity contribution in [3.05, 3.63) is 28.8 Å². The van der Waals surface area contributed by atoms with Crippen LogP contribution in [0.4, 0.5) is 13.2 Å². The molecule has 0 bridgehead atoms. The van der Waals surface area contributed by atoms with E-state index in [1.807, 2.05) is 5.32 Å². The molecule has 1 atom stereocenters. The summed E-state index contributed by atoms with van der Waals surface area (Å²) in [6.07, 6.45) is -4.23. The van der Waals surface area contributed by atoms with Crippen LogP contribution in [-0.2, 0) is 32.1 Å². The summed E-state index contributed by atoms with van der Waals surface area (Å²) in [6, 6.07) is 0.361. The van der Waals surface area contributed by atoms with Gasteiger partial charge in [0.1, 0.15) is 6.04 Å². The number of nitrogens with one attached hydrogen (secondary N) is 1. The van der Waals surface area contributed by atoms with Gasteiger partial charge in [-0.3, -0.25) is 19.7 Å². The Morgan fingerprint density at radius 1 is 1.19 bits per heavy atom. The van der Waals surface area contributed by atoms with Gasteiger partial charge in [0.25, 0.3) is 5.91 Å². The third-order valence-electron chi connectivity index (χ3n) is 4.33. The summed E-state index contributed by atoms with van der Waals surface area (Å²) in [5.74, 6) is -2.30. The summed E-state index contributed by atoms with van der Waals surface area (Å²) in [7, 11) is -3.94. The fourth-order valence-electron chi connectivity index (χ4n) is 3.12. The van der Waals surface area contributed by atoms with E-state index in [2.05, 4.69) is 0 Å². The van der Waals surface area contributed by atoms with Crippen molar-refractivity contribution in [2.75, 3.05) is 6.26 Å². The van der Waals surface area contributed by atoms with Gasteiger partial charge in [0.15, 0.2) is 9.84 Å². The van der Waals surface area contributed by atoms with E-state index >= 15 is 0 Å². The zero-order chi connectivity index (χ0) is 19.4. The van der Waals surface area contributed by atoms with Crippen molar-refractivity contribution in [1.82, 2.24) is 10.2 Å². The van der Waals surface area contributed by atoms with Gasteiger partial charge in [-0.05, 0) is 24.1 Å². The molecule has 7 nitrogen and oxygen atoms in total. The second-order valence-corrected chi connectivity index (χ2v) is 8.19. The maximum absolute atomic E-state index is 13.4. The van der Waals surface area contributed by atoms with Gasteiger partial charge in [-0.2, -0.15) is 13.2 Å². The largest absolute Gasteiger partial charge is 0.417 e. The number of piperidine rings is 1. The summed E-state index contributed by atoms with van der Waals surface area (Å²) in [5, 5.41) is 2.04. The van der Waals surface area contributed by atoms with Crippen LogP contribution in [-0.4, -0.2) is 43.3 Å². The summed E-state index contributed by atoms with van der Waals surface area (Å²) in [6.45, 7) is -0.340. The number of hydrogen-bond acceptors (Lipinski definition) is 5. The fourth-order valence-corrected chi connectivity index (χ4v) is 3.81. The molecular weight excluding hydrogens is 377 g/mol. The lowest BCUT2D eigenvalue weighted by Gasteiger charge is -2.29. The molecule has 3 amide bonds. The molecule has 11 heteroatoms. The SMILES string of the molecule is CS(=O)(=O)c1cc2c(c(C(F)(F)F)c1)C(=O)N(C1CCC(=O)NC1=O)C2. The summed E-state index contributed by atoms with van der Waals surface area (Å²) < 4.78 is 63.6. The molecule has 2 aliphatic rings. The minimum absolute atomic E-state index is 0.00925. The first-order chi connectivity index (χ1) is 11.9. The Kier molecular flexibility index (Phi) is 4.09. The van der Waals surface area contributed by atoms with Gasteiger partial charge in [0.2, 0.25) is 11.8 Å². The average molecular weight is 390 g/mol. The van der Waals surface area contributed by atoms with Crippen molar-refractivity contribution in [2.24, 2.45) is 0 Å². The zero-order valence-electron chi connectivity index (χ0n) is 13.4. The van der Waals surface area contributed by atoms with Crippen molar-refractivity contribution in [3.8, 4) is 0 Å². The molecule has 26 heavy (non-hydrogen) atoms. The molecule has 1 fully saturated rings. The maximum Gasteiger partial charge on any atom is 0.417 e. The van der Waals surface area contributed by atoms with Gasteiger partial charge in [-0.25, -0.2) is 8.42 Å². The Morgan fingerprint density at radius 2 is 1.85 bits per heavy atom. The van der Waals surface area contributed by atoms with Gasteiger partial charge in [-0.15, -0.1) is 0 Å². The number of halogens is 3. The molecule has 0 saturated carbocycles. The van der Waals surface area contributed by atoms with Crippen molar-refractivity contribution >= 4 is 27.6 Å². The van der Waals surface area contributed by atoms with Crippen molar-refractivity contribution in [1.29, 1.82) is 0 Å². The lowest BCUT2D eigenvalue weighted by molar-refractivity contribution is -0.138. The van der Waals surface area contributed by atoms with Crippen molar-refractivity contribution in [3.63, 3.8) is 0 Å². The number of carbonyl (C=O) groups is 3. The number of benzene rings is 1. The lowest BCUT2D eigenvalue weighted by Crippen LogP contribution is -2.52. The monoisotopic (exact) mass is 390 g/mol. The summed E-state index contributed by atoms with van der Waals surface area (Å²) in [4.78, 5) is 36.1. The second kappa shape index (κ2) is 5.79. The Bertz CT molecular complexity index is 939. The molecule has 2 heterocycles. The van der Waals surface area contributed by atoms with E-state index in [1.54, 1.807) is 0 Å². The maximum atomic E-state index is 13.4. The van der Waals surface area contributed by atoms with Crippen LogP contribution in [0.15, 0.2) is 17.0 Å². The number of alkyl halides is 3. The summed E-state index contributed by atoms with van der Waals surface area (Å²) in [5.41, 5.74) is -2.13. The highest BCUT2D eigenvalue weighted by atomic mass is 32.2. The first kappa shape index (κ1) is 18.4. The minimum Gasteiger partial charge on any atom is -0.322 e. The van der Waals surface area contributed by atoms with Crippen LogP contribution in [0, 0.1) is 0 Å². The molecule has 1 N–H and O–H groups in total. The predicted molar refractivity (Wildman–Crippen MR) is 80.6 cm³/mol. The molecular formula is C15H13F3N2O5S. The number of nitrogens with zero attached hydrogens (tertiary/aromatic N) is 1. The molecule has 0 spiro atoms. The number of sulfone groups is 1. The smallest absolute Gasteiger partial charge is 0.322 e. The number of carbonyl (C=O) groups excluding carboxylic acids is 3. The predicted octanol–water partition coefficient (Wildman–Crippen LogP) is 0.870. The molecule has 1 unspecified atom stereocenters. The van der Waals surface area contributed by atoms with E-state index in [9.17, 15) is 36.0 Å². The molecule has 1 aromatic carbocycles. The Labute approximate surface area is 146 Å². The van der Waals surface area contributed by atoms with Crippen molar-refractivity contribution in [2.45, 2.75) is 36.5 Å². The van der Waals surface area contributed by atoms with Gasteiger partial charge in [0, 0.05) is 19.2 Å². The molecule has 2 aliphatic heterocycles. The second-order valence-electron chi connectivity index (χ2n) is 6.17. The van der Waals surface area contributed by atoms with E-state index in [0.717, 1.165) is 17.2 Å². The van der Waals surface area contributed by atoms with Crippen LogP contribution in [0.2, 0.25) is 0 Å². The quantitative estimate of drug-likeness (QED) is 0.756. The van der Waals surface area contributed by atoms with Gasteiger partial charge < -0.3 is 4.90 Å². The van der Waals surface area contributed by atoms with Crippen LogP contribution < -0.4 is 5.32 Å². The van der Waals surface area contributed by atoms with Gasteiger partial charge in [0.05, 0.1) is 16.0 Å². The first-order valence-electron chi connectivity index (χ1n) is 7.48. The number of rotatable bonds is 2. The Balaban J connectivity index is 2.09. The lowest BCUT2D eigenvalue weighted by atomic mass is 10.0. The Hall–Kier alpha value is -2.43. The zero-order valence-corrected chi connectivity index (χ0v) is 14.2. The highest BCUT2D eigenvalue weighted by Gasteiger charge is 2.45. The fraction of sp³-hybridized carbons (Fsp3) is 0.400. The average Bonchev–Trinajstić information content (AvgIpc) is 2.81. The third kappa shape index (κ3) is 3.06. The Morgan fingerprint density at radius 3 is 2.38 bits per heavy atom. The molecule has 0 aromatic heterocycles. The summed E-state index contributed by atoms with van der Waals surface area (Å²) >= 11 is 0. The number of imide groups is 1. The van der Waals surface area contributed by atoms with E-state index in [4.69, 9.17) is 0 Å². The van der Waals surface area contributed by atoms with Crippen LogP contribution in [0.25, 0.3) is 0 Å². The topological polar surface area (TPSA) is 101 Å². The van der Waals surface area contributed by atoms with E-state index in [-0.39, 0.29) is 24.9 Å². The highest BCUT2D eigenvalue weighted by Crippen LogP contribution is 2.39. The van der Waals surface area contributed by atoms with Crippen LogP contribution in [0.1, 0.15) is 34.3 Å². The standard InChI is InChI=1S/C15H13F3N2O5S/c1-26(24,25)8-4-7-6-20(10-2-3-11(21)19-13(10)22)14(23)12(7)9(5-8)15(16,17)18/h4-5,10H,2-3,6H2,1H3,(H,19,21,22). The number of hydrogen-bond donors (Lipinski definition) is 1.